The van der Waals surface area contributed by atoms with Gasteiger partial charge in [0.1, 0.15) is 17.4 Å². The van der Waals surface area contributed by atoms with Crippen LogP contribution in [-0.2, 0) is 22.5 Å². The zero-order valence-corrected chi connectivity index (χ0v) is 24.2. The molecule has 9 heteroatoms. The molecular formula is C33H29BrF2N2O4. The Kier molecular flexibility index (Phi) is 9.29. The Morgan fingerprint density at radius 3 is 2.33 bits per heavy atom. The Labute approximate surface area is 251 Å². The third kappa shape index (κ3) is 6.69. The fourth-order valence-corrected chi connectivity index (χ4v) is 5.40. The van der Waals surface area contributed by atoms with Crippen LogP contribution < -0.4 is 10.1 Å². The molecule has 2 atom stereocenters. The Balaban J connectivity index is 1.55. The van der Waals surface area contributed by atoms with Gasteiger partial charge < -0.3 is 19.9 Å². The second kappa shape index (κ2) is 13.3. The molecule has 1 heterocycles. The number of hydrogen-bond donors (Lipinski definition) is 2. The molecule has 2 N–H and O–H groups in total. The van der Waals surface area contributed by atoms with Crippen LogP contribution in [0.4, 0.5) is 8.78 Å². The smallest absolute Gasteiger partial charge is 0.252 e. The summed E-state index contributed by atoms with van der Waals surface area (Å²) >= 11 is 3.62. The molecule has 1 amide bonds. The summed E-state index contributed by atoms with van der Waals surface area (Å²) in [4.78, 5) is 19.2. The van der Waals surface area contributed by atoms with Gasteiger partial charge in [0.05, 0.1) is 6.61 Å². The topological polar surface area (TPSA) is 80.2 Å². The zero-order chi connectivity index (χ0) is 29.5. The zero-order valence-electron chi connectivity index (χ0n) is 22.6. The predicted molar refractivity (Wildman–Crippen MR) is 159 cm³/mol. The van der Waals surface area contributed by atoms with Crippen molar-refractivity contribution in [2.24, 2.45) is 4.99 Å². The molecule has 0 saturated heterocycles. The Bertz CT molecular complexity index is 1550. The van der Waals surface area contributed by atoms with Gasteiger partial charge in [-0.05, 0) is 53.6 Å². The summed E-state index contributed by atoms with van der Waals surface area (Å²) in [6.07, 6.45) is -0.104. The molecule has 0 unspecified atom stereocenters. The lowest BCUT2D eigenvalue weighted by molar-refractivity contribution is -0.129. The number of nitrogens with one attached hydrogen (secondary N) is 1. The second-order valence-corrected chi connectivity index (χ2v) is 10.8. The molecule has 0 radical (unpaired) electrons. The number of rotatable bonds is 11. The molecule has 0 bridgehead atoms. The number of halogens is 3. The van der Waals surface area contributed by atoms with Crippen molar-refractivity contribution >= 4 is 27.7 Å². The Morgan fingerprint density at radius 2 is 1.64 bits per heavy atom. The van der Waals surface area contributed by atoms with E-state index in [4.69, 9.17) is 19.6 Å². The fourth-order valence-electron chi connectivity index (χ4n) is 4.90. The average molecular weight is 636 g/mol. The molecule has 42 heavy (non-hydrogen) atoms. The normalized spacial score (nSPS) is 17.8. The van der Waals surface area contributed by atoms with E-state index in [2.05, 4.69) is 21.2 Å². The number of aliphatic imine (C=N–C) groups is 1. The van der Waals surface area contributed by atoms with E-state index >= 15 is 0 Å². The van der Waals surface area contributed by atoms with E-state index < -0.39 is 29.2 Å². The maximum atomic E-state index is 14.2. The first kappa shape index (κ1) is 29.4. The van der Waals surface area contributed by atoms with Gasteiger partial charge in [0, 0.05) is 47.7 Å². The fraction of sp³-hybridized carbons (Fsp3) is 0.212. The van der Waals surface area contributed by atoms with Crippen molar-refractivity contribution in [1.82, 2.24) is 5.32 Å². The number of aliphatic hydroxyl groups excluding tert-OH is 1. The Morgan fingerprint density at radius 1 is 0.952 bits per heavy atom. The molecule has 1 aliphatic heterocycles. The molecule has 0 saturated carbocycles. The minimum atomic E-state index is -1.46. The summed E-state index contributed by atoms with van der Waals surface area (Å²) < 4.78 is 40.7. The van der Waals surface area contributed by atoms with Gasteiger partial charge in [-0.3, -0.25) is 4.79 Å². The number of amides is 1. The minimum Gasteiger partial charge on any atom is -0.494 e. The SMILES string of the molecule is O=C(NCc1cc(F)cc(F)c1)[C@]1(Cc2ccccc2)N=C(c2ccc(OCCCO)cc2)O[C@@H]1c1ccccc1Br. The van der Waals surface area contributed by atoms with E-state index in [1.165, 1.54) is 12.1 Å². The van der Waals surface area contributed by atoms with Gasteiger partial charge in [0.25, 0.3) is 5.91 Å². The molecule has 0 fully saturated rings. The highest BCUT2D eigenvalue weighted by Crippen LogP contribution is 2.44. The third-order valence-electron chi connectivity index (χ3n) is 6.91. The highest BCUT2D eigenvalue weighted by Gasteiger charge is 2.53. The largest absolute Gasteiger partial charge is 0.494 e. The quantitative estimate of drug-likeness (QED) is 0.190. The van der Waals surface area contributed by atoms with E-state index in [1.54, 1.807) is 24.3 Å². The van der Waals surface area contributed by atoms with Crippen LogP contribution in [-0.4, -0.2) is 35.7 Å². The Hall–Kier alpha value is -4.08. The van der Waals surface area contributed by atoms with Crippen molar-refractivity contribution in [3.63, 3.8) is 0 Å². The van der Waals surface area contributed by atoms with Crippen molar-refractivity contribution in [2.75, 3.05) is 13.2 Å². The van der Waals surface area contributed by atoms with Gasteiger partial charge in [-0.25, -0.2) is 13.8 Å². The van der Waals surface area contributed by atoms with E-state index in [9.17, 15) is 13.6 Å². The van der Waals surface area contributed by atoms with Crippen molar-refractivity contribution in [3.05, 3.63) is 135 Å². The van der Waals surface area contributed by atoms with Gasteiger partial charge in [0.15, 0.2) is 11.6 Å². The standard InChI is InChI=1S/C33H29BrF2N2O4/c34-29-10-5-4-9-28(29)30-33(20-22-7-2-1-3-8-22,32(40)37-21-23-17-25(35)19-26(36)18-23)38-31(42-30)24-11-13-27(14-12-24)41-16-6-15-39/h1-5,7-14,17-19,30,39H,6,15-16,20-21H2,(H,37,40)/t30-,33-/m1/s1. The summed E-state index contributed by atoms with van der Waals surface area (Å²) in [5.41, 5.74) is 1.07. The molecule has 5 rings (SSSR count). The number of carbonyl (C=O) groups is 1. The minimum absolute atomic E-state index is 0.0406. The highest BCUT2D eigenvalue weighted by molar-refractivity contribution is 9.10. The van der Waals surface area contributed by atoms with Crippen LogP contribution in [0, 0.1) is 11.6 Å². The summed E-state index contributed by atoms with van der Waals surface area (Å²) in [6.45, 7) is 0.323. The summed E-state index contributed by atoms with van der Waals surface area (Å²) in [5, 5.41) is 11.9. The maximum Gasteiger partial charge on any atom is 0.252 e. The van der Waals surface area contributed by atoms with Gasteiger partial charge in [-0.15, -0.1) is 0 Å². The molecule has 216 valence electrons. The number of aliphatic hydroxyl groups is 1. The van der Waals surface area contributed by atoms with Gasteiger partial charge in [0.2, 0.25) is 5.90 Å². The van der Waals surface area contributed by atoms with Gasteiger partial charge >= 0.3 is 0 Å². The van der Waals surface area contributed by atoms with Gasteiger partial charge in [-0.2, -0.15) is 0 Å². The number of nitrogens with zero attached hydrogens (tertiary/aromatic N) is 1. The third-order valence-corrected chi connectivity index (χ3v) is 7.63. The molecule has 0 aliphatic carbocycles. The van der Waals surface area contributed by atoms with Crippen LogP contribution in [0.2, 0.25) is 0 Å². The molecule has 4 aromatic rings. The van der Waals surface area contributed by atoms with Crippen molar-refractivity contribution in [3.8, 4) is 5.75 Å². The molecule has 1 aliphatic rings. The molecule has 0 spiro atoms. The summed E-state index contributed by atoms with van der Waals surface area (Å²) in [5.74, 6) is -0.990. The summed E-state index contributed by atoms with van der Waals surface area (Å²) in [7, 11) is 0. The lowest BCUT2D eigenvalue weighted by Crippen LogP contribution is -2.49. The van der Waals surface area contributed by atoms with Crippen LogP contribution in [0.25, 0.3) is 0 Å². The first-order valence-electron chi connectivity index (χ1n) is 13.5. The van der Waals surface area contributed by atoms with E-state index in [0.29, 0.717) is 24.3 Å². The van der Waals surface area contributed by atoms with E-state index in [0.717, 1.165) is 21.7 Å². The predicted octanol–water partition coefficient (Wildman–Crippen LogP) is 6.30. The van der Waals surface area contributed by atoms with Crippen molar-refractivity contribution < 1.29 is 28.2 Å². The van der Waals surface area contributed by atoms with Gasteiger partial charge in [-0.1, -0.05) is 64.5 Å². The first-order chi connectivity index (χ1) is 20.4. The van der Waals surface area contributed by atoms with Crippen LogP contribution in [0.3, 0.4) is 0 Å². The van der Waals surface area contributed by atoms with E-state index in [1.807, 2.05) is 54.6 Å². The molecule has 0 aromatic heterocycles. The number of benzene rings is 4. The number of ether oxygens (including phenoxy) is 2. The summed E-state index contributed by atoms with van der Waals surface area (Å²) in [6, 6.07) is 27.3. The van der Waals surface area contributed by atoms with Crippen LogP contribution in [0.15, 0.2) is 107 Å². The first-order valence-corrected chi connectivity index (χ1v) is 14.3. The number of carbonyl (C=O) groups excluding carboxylic acids is 1. The van der Waals surface area contributed by atoms with Crippen LogP contribution in [0.5, 0.6) is 5.75 Å². The molecule has 4 aromatic carbocycles. The maximum absolute atomic E-state index is 14.2. The second-order valence-electron chi connectivity index (χ2n) is 9.93. The monoisotopic (exact) mass is 634 g/mol. The molecule has 6 nitrogen and oxygen atoms in total. The molecular weight excluding hydrogens is 606 g/mol. The lowest BCUT2D eigenvalue weighted by Gasteiger charge is -2.31. The van der Waals surface area contributed by atoms with E-state index in [-0.39, 0.29) is 31.0 Å². The lowest BCUT2D eigenvalue weighted by atomic mass is 9.82. The van der Waals surface area contributed by atoms with Crippen molar-refractivity contribution in [1.29, 1.82) is 0 Å². The van der Waals surface area contributed by atoms with Crippen molar-refractivity contribution in [2.45, 2.75) is 31.0 Å². The number of hydrogen-bond acceptors (Lipinski definition) is 5. The van der Waals surface area contributed by atoms with Crippen LogP contribution in [0.1, 0.15) is 34.8 Å². The van der Waals surface area contributed by atoms with Crippen LogP contribution >= 0.6 is 15.9 Å². The average Bonchev–Trinajstić information content (AvgIpc) is 3.36. The highest BCUT2D eigenvalue weighted by atomic mass is 79.9.